The summed E-state index contributed by atoms with van der Waals surface area (Å²) in [4.78, 5) is 0.189. The number of anilines is 3. The molecule has 0 atom stereocenters. The number of nitrogens with one attached hydrogen (secondary N) is 2. The molecule has 112 valence electrons. The van der Waals surface area contributed by atoms with Gasteiger partial charge in [-0.1, -0.05) is 25.1 Å². The Hall–Kier alpha value is -2.05. The largest absolute Gasteiger partial charge is 0.397 e. The molecule has 0 radical (unpaired) electrons. The molecule has 6 heteroatoms. The summed E-state index contributed by atoms with van der Waals surface area (Å²) in [6, 6.07) is 12.4. The van der Waals surface area contributed by atoms with Crippen LogP contribution in [0, 0.1) is 6.92 Å². The third kappa shape index (κ3) is 3.53. The number of sulfonamides is 1. The molecule has 0 spiro atoms. The molecule has 0 aliphatic carbocycles. The van der Waals surface area contributed by atoms with Crippen molar-refractivity contribution in [2.24, 2.45) is 0 Å². The molecule has 0 saturated heterocycles. The van der Waals surface area contributed by atoms with Crippen LogP contribution in [0.2, 0.25) is 0 Å². The maximum absolute atomic E-state index is 12.0. The fourth-order valence-electron chi connectivity index (χ4n) is 1.94. The van der Waals surface area contributed by atoms with Gasteiger partial charge in [-0.2, -0.15) is 0 Å². The molecule has 5 nitrogen and oxygen atoms in total. The van der Waals surface area contributed by atoms with Crippen molar-refractivity contribution < 1.29 is 8.42 Å². The Bertz CT molecular complexity index is 742. The highest BCUT2D eigenvalue weighted by Crippen LogP contribution is 2.27. The molecule has 2 aromatic carbocycles. The molecule has 4 N–H and O–H groups in total. The summed E-state index contributed by atoms with van der Waals surface area (Å²) in [6.45, 7) is 4.05. The van der Waals surface area contributed by atoms with Crippen molar-refractivity contribution in [3.05, 3.63) is 48.0 Å². The molecule has 0 aromatic heterocycles. The number of nitrogen functional groups attached to an aromatic ring is 1. The predicted molar refractivity (Wildman–Crippen MR) is 86.2 cm³/mol. The zero-order chi connectivity index (χ0) is 15.5. The maximum atomic E-state index is 12.0. The van der Waals surface area contributed by atoms with E-state index in [9.17, 15) is 8.42 Å². The lowest BCUT2D eigenvalue weighted by Crippen LogP contribution is -2.23. The molecule has 0 amide bonds. The molecule has 0 aliphatic rings. The SMILES string of the molecule is CCNS(=O)(=O)c1ccc(N)c(Nc2ccccc2C)c1. The highest BCUT2D eigenvalue weighted by atomic mass is 32.2. The summed E-state index contributed by atoms with van der Waals surface area (Å²) in [5.74, 6) is 0. The molecule has 0 bridgehead atoms. The van der Waals surface area contributed by atoms with Crippen molar-refractivity contribution in [2.75, 3.05) is 17.6 Å². The van der Waals surface area contributed by atoms with Crippen LogP contribution in [0.1, 0.15) is 12.5 Å². The van der Waals surface area contributed by atoms with Crippen LogP contribution in [0.4, 0.5) is 17.1 Å². The first-order valence-electron chi connectivity index (χ1n) is 6.66. The van der Waals surface area contributed by atoms with Gasteiger partial charge in [0.2, 0.25) is 10.0 Å². The topological polar surface area (TPSA) is 84.2 Å². The second kappa shape index (κ2) is 6.15. The zero-order valence-electron chi connectivity index (χ0n) is 12.1. The van der Waals surface area contributed by atoms with Crippen molar-refractivity contribution in [1.29, 1.82) is 0 Å². The van der Waals surface area contributed by atoms with E-state index in [4.69, 9.17) is 5.73 Å². The minimum atomic E-state index is -3.50. The van der Waals surface area contributed by atoms with Gasteiger partial charge < -0.3 is 11.1 Å². The van der Waals surface area contributed by atoms with Crippen LogP contribution in [0.25, 0.3) is 0 Å². The molecular formula is C15H19N3O2S. The van der Waals surface area contributed by atoms with E-state index >= 15 is 0 Å². The van der Waals surface area contributed by atoms with Crippen LogP contribution in [0.15, 0.2) is 47.4 Å². The van der Waals surface area contributed by atoms with E-state index in [0.717, 1.165) is 11.3 Å². The van der Waals surface area contributed by atoms with Crippen molar-refractivity contribution >= 4 is 27.1 Å². The summed E-state index contributed by atoms with van der Waals surface area (Å²) in [5.41, 5.74) is 8.94. The molecule has 0 aliphatic heterocycles. The molecule has 0 unspecified atom stereocenters. The molecule has 2 rings (SSSR count). The second-order valence-corrected chi connectivity index (χ2v) is 6.46. The van der Waals surface area contributed by atoms with Crippen molar-refractivity contribution in [1.82, 2.24) is 4.72 Å². The van der Waals surface area contributed by atoms with Gasteiger partial charge in [0.05, 0.1) is 16.3 Å². The summed E-state index contributed by atoms with van der Waals surface area (Å²) >= 11 is 0. The van der Waals surface area contributed by atoms with E-state index < -0.39 is 10.0 Å². The lowest BCUT2D eigenvalue weighted by Gasteiger charge is -2.13. The number of rotatable bonds is 5. The Balaban J connectivity index is 2.39. The summed E-state index contributed by atoms with van der Waals surface area (Å²) in [5, 5.41) is 3.18. The fraction of sp³-hybridized carbons (Fsp3) is 0.200. The number of benzene rings is 2. The van der Waals surface area contributed by atoms with Crippen molar-refractivity contribution in [3.8, 4) is 0 Å². The quantitative estimate of drug-likeness (QED) is 0.741. The van der Waals surface area contributed by atoms with E-state index in [2.05, 4.69) is 10.0 Å². The Labute approximate surface area is 125 Å². The smallest absolute Gasteiger partial charge is 0.240 e. The molecular weight excluding hydrogens is 286 g/mol. The molecule has 2 aromatic rings. The predicted octanol–water partition coefficient (Wildman–Crippen LogP) is 2.62. The standard InChI is InChI=1S/C15H19N3O2S/c1-3-17-21(19,20)12-8-9-13(16)15(10-12)18-14-7-5-4-6-11(14)2/h4-10,17-18H,3,16H2,1-2H3. The first kappa shape index (κ1) is 15.3. The van der Waals surface area contributed by atoms with Crippen molar-refractivity contribution in [3.63, 3.8) is 0 Å². The first-order chi connectivity index (χ1) is 9.94. The van der Waals surface area contributed by atoms with Crippen molar-refractivity contribution in [2.45, 2.75) is 18.7 Å². The number of nitrogens with two attached hydrogens (primary N) is 1. The first-order valence-corrected chi connectivity index (χ1v) is 8.14. The van der Waals surface area contributed by atoms with Gasteiger partial charge in [-0.05, 0) is 36.8 Å². The van der Waals surface area contributed by atoms with Gasteiger partial charge in [0.1, 0.15) is 0 Å². The van der Waals surface area contributed by atoms with Crippen LogP contribution in [0.3, 0.4) is 0 Å². The Morgan fingerprint density at radius 2 is 1.81 bits per heavy atom. The van der Waals surface area contributed by atoms with E-state index in [-0.39, 0.29) is 4.90 Å². The number of para-hydroxylation sites is 1. The average molecular weight is 305 g/mol. The Morgan fingerprint density at radius 3 is 2.48 bits per heavy atom. The number of hydrogen-bond acceptors (Lipinski definition) is 4. The number of hydrogen-bond donors (Lipinski definition) is 3. The molecule has 0 fully saturated rings. The third-order valence-corrected chi connectivity index (χ3v) is 4.63. The van der Waals surface area contributed by atoms with Gasteiger partial charge in [0.15, 0.2) is 0 Å². The summed E-state index contributed by atoms with van der Waals surface area (Å²) < 4.78 is 26.5. The second-order valence-electron chi connectivity index (χ2n) is 4.69. The van der Waals surface area contributed by atoms with Gasteiger partial charge in [-0.3, -0.25) is 0 Å². The molecule has 0 heterocycles. The van der Waals surface area contributed by atoms with Crippen LogP contribution >= 0.6 is 0 Å². The summed E-state index contributed by atoms with van der Waals surface area (Å²) in [6.07, 6.45) is 0. The Morgan fingerprint density at radius 1 is 1.10 bits per heavy atom. The van der Waals surface area contributed by atoms with Gasteiger partial charge in [-0.25, -0.2) is 13.1 Å². The lowest BCUT2D eigenvalue weighted by molar-refractivity contribution is 0.584. The van der Waals surface area contributed by atoms with Gasteiger partial charge >= 0.3 is 0 Å². The normalized spacial score (nSPS) is 11.3. The van der Waals surface area contributed by atoms with E-state index in [1.54, 1.807) is 19.1 Å². The maximum Gasteiger partial charge on any atom is 0.240 e. The van der Waals surface area contributed by atoms with Crippen LogP contribution in [0.5, 0.6) is 0 Å². The van der Waals surface area contributed by atoms with E-state index in [1.807, 2.05) is 31.2 Å². The van der Waals surface area contributed by atoms with E-state index in [1.165, 1.54) is 6.07 Å². The van der Waals surface area contributed by atoms with Gasteiger partial charge in [0.25, 0.3) is 0 Å². The van der Waals surface area contributed by atoms with Crippen LogP contribution in [-0.4, -0.2) is 15.0 Å². The highest BCUT2D eigenvalue weighted by Gasteiger charge is 2.14. The lowest BCUT2D eigenvalue weighted by atomic mass is 10.2. The third-order valence-electron chi connectivity index (χ3n) is 3.08. The number of aryl methyl sites for hydroxylation is 1. The van der Waals surface area contributed by atoms with Crippen LogP contribution in [-0.2, 0) is 10.0 Å². The molecule has 21 heavy (non-hydrogen) atoms. The zero-order valence-corrected chi connectivity index (χ0v) is 12.9. The van der Waals surface area contributed by atoms with Gasteiger partial charge in [0, 0.05) is 12.2 Å². The Kier molecular flexibility index (Phi) is 4.50. The minimum Gasteiger partial charge on any atom is -0.397 e. The minimum absolute atomic E-state index is 0.189. The van der Waals surface area contributed by atoms with Crippen LogP contribution < -0.4 is 15.8 Å². The van der Waals surface area contributed by atoms with Gasteiger partial charge in [-0.15, -0.1) is 0 Å². The van der Waals surface area contributed by atoms with E-state index in [0.29, 0.717) is 17.9 Å². The summed E-state index contributed by atoms with van der Waals surface area (Å²) in [7, 11) is -3.50. The molecule has 0 saturated carbocycles. The monoisotopic (exact) mass is 305 g/mol. The average Bonchev–Trinajstić information content (AvgIpc) is 2.43. The fourth-order valence-corrected chi connectivity index (χ4v) is 3.01. The highest BCUT2D eigenvalue weighted by molar-refractivity contribution is 7.89.